The number of hydrogen-bond acceptors (Lipinski definition) is 5. The number of thiazole rings is 1. The number of nitrogens with zero attached hydrogens (tertiary/aromatic N) is 2. The van der Waals surface area contributed by atoms with Crippen LogP contribution in [0.25, 0.3) is 10.2 Å². The lowest BCUT2D eigenvalue weighted by Crippen LogP contribution is -3.05. The van der Waals surface area contributed by atoms with E-state index in [1.165, 1.54) is 28.4 Å². The Morgan fingerprint density at radius 3 is 2.76 bits per heavy atom. The van der Waals surface area contributed by atoms with Crippen molar-refractivity contribution >= 4 is 32.6 Å². The number of hydrogen-bond donors (Lipinski definition) is 1. The van der Waals surface area contributed by atoms with Gasteiger partial charge < -0.3 is 14.4 Å². The van der Waals surface area contributed by atoms with Crippen LogP contribution < -0.4 is 19.3 Å². The molecule has 0 aliphatic carbocycles. The van der Waals surface area contributed by atoms with Crippen LogP contribution in [0, 0.1) is 5.82 Å². The topological polar surface area (TPSA) is 56.1 Å². The summed E-state index contributed by atoms with van der Waals surface area (Å²) in [7, 11) is 4.15. The zero-order chi connectivity index (χ0) is 20.4. The molecule has 1 aromatic heterocycles. The van der Waals surface area contributed by atoms with E-state index in [1.807, 2.05) is 0 Å². The average Bonchev–Trinajstić information content (AvgIpc) is 3.13. The second-order valence-electron chi connectivity index (χ2n) is 7.23. The summed E-state index contributed by atoms with van der Waals surface area (Å²) < 4.78 is 25.5. The van der Waals surface area contributed by atoms with Crippen molar-refractivity contribution in [3.05, 3.63) is 47.8 Å². The Hall–Kier alpha value is -2.71. The molecule has 0 fully saturated rings. The second kappa shape index (κ2) is 8.34. The van der Waals surface area contributed by atoms with Gasteiger partial charge in [-0.2, -0.15) is 0 Å². The first-order chi connectivity index (χ1) is 14.0. The number of anilines is 1. The third kappa shape index (κ3) is 4.33. The van der Waals surface area contributed by atoms with Crippen LogP contribution in [-0.2, 0) is 0 Å². The normalized spacial score (nSPS) is 13.1. The van der Waals surface area contributed by atoms with Crippen molar-refractivity contribution < 1.29 is 23.6 Å². The summed E-state index contributed by atoms with van der Waals surface area (Å²) in [6.07, 6.45) is 0.822. The molecule has 8 heteroatoms. The first-order valence-electron chi connectivity index (χ1n) is 9.58. The molecule has 0 saturated heterocycles. The van der Waals surface area contributed by atoms with Gasteiger partial charge in [-0.1, -0.05) is 11.3 Å². The number of benzene rings is 2. The Balaban J connectivity index is 1.66. The van der Waals surface area contributed by atoms with Crippen LogP contribution >= 0.6 is 11.3 Å². The van der Waals surface area contributed by atoms with Gasteiger partial charge >= 0.3 is 0 Å². The van der Waals surface area contributed by atoms with Crippen molar-refractivity contribution in [3.8, 4) is 11.5 Å². The molecule has 6 nitrogen and oxygen atoms in total. The van der Waals surface area contributed by atoms with E-state index in [1.54, 1.807) is 29.2 Å². The van der Waals surface area contributed by atoms with Crippen LogP contribution in [0.4, 0.5) is 9.52 Å². The lowest BCUT2D eigenvalue weighted by molar-refractivity contribution is -0.858. The SMILES string of the molecule is C[NH+](C)CCCN(C(=O)c1ccc2c(c1)OCCO2)c1nc2ccc(F)cc2s1. The molecule has 1 aliphatic heterocycles. The fourth-order valence-electron chi connectivity index (χ4n) is 3.21. The lowest BCUT2D eigenvalue weighted by atomic mass is 10.1. The number of amides is 1. The highest BCUT2D eigenvalue weighted by Crippen LogP contribution is 2.33. The van der Waals surface area contributed by atoms with Crippen LogP contribution in [0.3, 0.4) is 0 Å². The highest BCUT2D eigenvalue weighted by molar-refractivity contribution is 7.22. The molecular weight excluding hydrogens is 393 g/mol. The molecule has 0 bridgehead atoms. The Morgan fingerprint density at radius 2 is 1.97 bits per heavy atom. The van der Waals surface area contributed by atoms with E-state index in [0.717, 1.165) is 17.7 Å². The summed E-state index contributed by atoms with van der Waals surface area (Å²) in [6, 6.07) is 9.70. The highest BCUT2D eigenvalue weighted by atomic mass is 32.1. The summed E-state index contributed by atoms with van der Waals surface area (Å²) in [5.74, 6) is 0.751. The predicted octanol–water partition coefficient (Wildman–Crippen LogP) is 2.39. The predicted molar refractivity (Wildman–Crippen MR) is 111 cm³/mol. The molecule has 29 heavy (non-hydrogen) atoms. The zero-order valence-corrected chi connectivity index (χ0v) is 17.2. The van der Waals surface area contributed by atoms with Crippen molar-refractivity contribution in [2.24, 2.45) is 0 Å². The van der Waals surface area contributed by atoms with Crippen molar-refractivity contribution in [2.45, 2.75) is 6.42 Å². The van der Waals surface area contributed by atoms with Crippen molar-refractivity contribution in [3.63, 3.8) is 0 Å². The van der Waals surface area contributed by atoms with Gasteiger partial charge in [-0.3, -0.25) is 9.69 Å². The van der Waals surface area contributed by atoms with Crippen LogP contribution in [0.2, 0.25) is 0 Å². The molecule has 1 aliphatic rings. The van der Waals surface area contributed by atoms with Crippen molar-refractivity contribution in [2.75, 3.05) is 45.3 Å². The van der Waals surface area contributed by atoms with E-state index >= 15 is 0 Å². The number of rotatable bonds is 6. The zero-order valence-electron chi connectivity index (χ0n) is 16.4. The third-order valence-corrected chi connectivity index (χ3v) is 5.70. The fourth-order valence-corrected chi connectivity index (χ4v) is 4.22. The smallest absolute Gasteiger partial charge is 0.260 e. The maximum absolute atomic E-state index is 13.6. The highest BCUT2D eigenvalue weighted by Gasteiger charge is 2.23. The first kappa shape index (κ1) is 19.6. The minimum Gasteiger partial charge on any atom is -0.486 e. The van der Waals surface area contributed by atoms with Gasteiger partial charge in [0.05, 0.1) is 30.9 Å². The van der Waals surface area contributed by atoms with Gasteiger partial charge in [-0.25, -0.2) is 9.37 Å². The van der Waals surface area contributed by atoms with E-state index in [2.05, 4.69) is 19.1 Å². The van der Waals surface area contributed by atoms with E-state index in [-0.39, 0.29) is 11.7 Å². The summed E-state index contributed by atoms with van der Waals surface area (Å²) in [5.41, 5.74) is 1.20. The number of halogens is 1. The number of ether oxygens (including phenoxy) is 2. The van der Waals surface area contributed by atoms with Crippen molar-refractivity contribution in [1.82, 2.24) is 4.98 Å². The molecule has 1 N–H and O–H groups in total. The van der Waals surface area contributed by atoms with Gasteiger partial charge in [0, 0.05) is 18.5 Å². The molecule has 4 rings (SSSR count). The maximum atomic E-state index is 13.6. The van der Waals surface area contributed by atoms with Crippen molar-refractivity contribution in [1.29, 1.82) is 0 Å². The summed E-state index contributed by atoms with van der Waals surface area (Å²) in [6.45, 7) is 2.41. The molecule has 0 spiro atoms. The number of fused-ring (bicyclic) bond motifs is 2. The Morgan fingerprint density at radius 1 is 1.17 bits per heavy atom. The van der Waals surface area contributed by atoms with Gasteiger partial charge in [-0.05, 0) is 36.4 Å². The standard InChI is InChI=1S/C21H22FN3O3S/c1-24(2)8-3-9-25(21-23-16-6-5-15(22)13-19(16)29-21)20(26)14-4-7-17-18(12-14)28-11-10-27-17/h4-7,12-13H,3,8-11H2,1-2H3/p+1. The number of quaternary nitrogens is 1. The molecule has 0 atom stereocenters. The van der Waals surface area contributed by atoms with Crippen LogP contribution in [0.5, 0.6) is 11.5 Å². The number of nitrogens with one attached hydrogen (secondary N) is 1. The van der Waals surface area contributed by atoms with E-state index in [0.29, 0.717) is 47.5 Å². The lowest BCUT2D eigenvalue weighted by Gasteiger charge is -2.22. The van der Waals surface area contributed by atoms with E-state index in [9.17, 15) is 9.18 Å². The summed E-state index contributed by atoms with van der Waals surface area (Å²) in [4.78, 5) is 20.9. The van der Waals surface area contributed by atoms with Gasteiger partial charge in [0.1, 0.15) is 19.0 Å². The second-order valence-corrected chi connectivity index (χ2v) is 8.24. The first-order valence-corrected chi connectivity index (χ1v) is 10.4. The molecule has 1 amide bonds. The average molecular weight is 416 g/mol. The number of carbonyl (C=O) groups is 1. The molecule has 3 aromatic rings. The quantitative estimate of drug-likeness (QED) is 0.671. The monoisotopic (exact) mass is 416 g/mol. The van der Waals surface area contributed by atoms with E-state index < -0.39 is 0 Å². The Kier molecular flexibility index (Phi) is 5.64. The third-order valence-electron chi connectivity index (χ3n) is 4.66. The minimum absolute atomic E-state index is 0.157. The summed E-state index contributed by atoms with van der Waals surface area (Å²) in [5, 5.41) is 0.569. The molecule has 0 unspecified atom stereocenters. The summed E-state index contributed by atoms with van der Waals surface area (Å²) >= 11 is 1.32. The molecule has 2 aromatic carbocycles. The van der Waals surface area contributed by atoms with Gasteiger partial charge in [0.2, 0.25) is 0 Å². The van der Waals surface area contributed by atoms with Gasteiger partial charge in [0.25, 0.3) is 5.91 Å². The largest absolute Gasteiger partial charge is 0.486 e. The molecular formula is C21H23FN3O3S+. The number of carbonyl (C=O) groups excluding carboxylic acids is 1. The van der Waals surface area contributed by atoms with Gasteiger partial charge in [0.15, 0.2) is 16.6 Å². The van der Waals surface area contributed by atoms with Gasteiger partial charge in [-0.15, -0.1) is 0 Å². The molecule has 152 valence electrons. The van der Waals surface area contributed by atoms with E-state index in [4.69, 9.17) is 9.47 Å². The maximum Gasteiger partial charge on any atom is 0.260 e. The van der Waals surface area contributed by atoms with Crippen LogP contribution in [0.15, 0.2) is 36.4 Å². The molecule has 2 heterocycles. The molecule has 0 radical (unpaired) electrons. The molecule has 0 saturated carbocycles. The van der Waals surface area contributed by atoms with Crippen LogP contribution in [-0.4, -0.2) is 51.3 Å². The number of aromatic nitrogens is 1. The Bertz CT molecular complexity index is 1040. The van der Waals surface area contributed by atoms with Crippen LogP contribution in [0.1, 0.15) is 16.8 Å². The minimum atomic E-state index is -0.311. The Labute approximate surface area is 172 Å². The fraction of sp³-hybridized carbons (Fsp3) is 0.333.